The van der Waals surface area contributed by atoms with Crippen LogP contribution in [0.3, 0.4) is 0 Å². The summed E-state index contributed by atoms with van der Waals surface area (Å²) < 4.78 is 2.11. The zero-order valence-electron chi connectivity index (χ0n) is 10.7. The highest BCUT2D eigenvalue weighted by molar-refractivity contribution is 5.25. The highest BCUT2D eigenvalue weighted by Gasteiger charge is 2.09. The lowest BCUT2D eigenvalue weighted by Gasteiger charge is -2.12. The smallest absolute Gasteiger partial charge is 0.224 e. The molecule has 1 unspecified atom stereocenters. The second-order valence-corrected chi connectivity index (χ2v) is 3.90. The van der Waals surface area contributed by atoms with Crippen LogP contribution in [-0.2, 0) is 13.1 Å². The Balaban J connectivity index is 2.65. The van der Waals surface area contributed by atoms with E-state index < -0.39 is 0 Å². The van der Waals surface area contributed by atoms with E-state index in [0.717, 1.165) is 37.8 Å². The van der Waals surface area contributed by atoms with Gasteiger partial charge in [-0.15, -0.1) is 10.2 Å². The number of anilines is 1. The van der Waals surface area contributed by atoms with Gasteiger partial charge in [0.15, 0.2) is 0 Å². The van der Waals surface area contributed by atoms with Crippen LogP contribution in [0.5, 0.6) is 0 Å². The minimum absolute atomic E-state index is 0.518. The second-order valence-electron chi connectivity index (χ2n) is 3.90. The molecule has 16 heavy (non-hydrogen) atoms. The maximum absolute atomic E-state index is 4.20. The molecular weight excluding hydrogens is 202 g/mol. The van der Waals surface area contributed by atoms with Gasteiger partial charge >= 0.3 is 0 Å². The van der Waals surface area contributed by atoms with E-state index in [2.05, 4.69) is 53.1 Å². The molecule has 0 radical (unpaired) electrons. The molecule has 0 saturated heterocycles. The van der Waals surface area contributed by atoms with Crippen molar-refractivity contribution in [3.8, 4) is 0 Å². The Hall–Kier alpha value is -1.10. The molecule has 0 aliphatic rings. The molecule has 0 aliphatic heterocycles. The van der Waals surface area contributed by atoms with E-state index in [4.69, 9.17) is 0 Å². The summed E-state index contributed by atoms with van der Waals surface area (Å²) >= 11 is 0. The van der Waals surface area contributed by atoms with Gasteiger partial charge in [-0.05, 0) is 27.2 Å². The van der Waals surface area contributed by atoms with Crippen molar-refractivity contribution in [1.82, 2.24) is 20.1 Å². The summed E-state index contributed by atoms with van der Waals surface area (Å²) in [7, 11) is 0. The van der Waals surface area contributed by atoms with Crippen LogP contribution in [0.1, 0.15) is 39.9 Å². The lowest BCUT2D eigenvalue weighted by molar-refractivity contribution is 0.510. The third-order valence-corrected chi connectivity index (χ3v) is 2.70. The molecule has 0 aromatic carbocycles. The Morgan fingerprint density at radius 3 is 2.56 bits per heavy atom. The molecule has 0 fully saturated rings. The van der Waals surface area contributed by atoms with Crippen LogP contribution in [-0.4, -0.2) is 27.4 Å². The first-order chi connectivity index (χ1) is 7.72. The summed E-state index contributed by atoms with van der Waals surface area (Å²) in [6.07, 6.45) is 1.13. The molecule has 1 atom stereocenters. The monoisotopic (exact) mass is 225 g/mol. The number of hydrogen-bond acceptors (Lipinski definition) is 4. The molecular formula is C11H23N5. The molecule has 2 N–H and O–H groups in total. The number of hydrogen-bond donors (Lipinski definition) is 2. The Morgan fingerprint density at radius 2 is 2.00 bits per heavy atom. The van der Waals surface area contributed by atoms with Crippen LogP contribution in [0, 0.1) is 0 Å². The van der Waals surface area contributed by atoms with Crippen molar-refractivity contribution in [3.63, 3.8) is 0 Å². The molecule has 0 saturated carbocycles. The predicted molar refractivity (Wildman–Crippen MR) is 66.5 cm³/mol. The number of rotatable bonds is 7. The molecule has 1 heterocycles. The van der Waals surface area contributed by atoms with E-state index in [9.17, 15) is 0 Å². The van der Waals surface area contributed by atoms with E-state index in [1.165, 1.54) is 0 Å². The predicted octanol–water partition coefficient (Wildman–Crippen LogP) is 1.62. The van der Waals surface area contributed by atoms with Crippen molar-refractivity contribution in [1.29, 1.82) is 0 Å². The molecule has 1 rings (SSSR count). The van der Waals surface area contributed by atoms with Gasteiger partial charge in [0.2, 0.25) is 5.95 Å². The molecule has 1 aromatic heterocycles. The van der Waals surface area contributed by atoms with Gasteiger partial charge in [0.25, 0.3) is 0 Å². The Labute approximate surface area is 97.6 Å². The molecule has 1 aromatic rings. The molecule has 0 aliphatic carbocycles. The lowest BCUT2D eigenvalue weighted by atomic mass is 10.2. The molecule has 0 bridgehead atoms. The van der Waals surface area contributed by atoms with Gasteiger partial charge in [-0.3, -0.25) is 4.57 Å². The SMILES string of the molecule is CCNc1nnc(CNC(C)CC)n1CC. The third-order valence-electron chi connectivity index (χ3n) is 2.70. The second kappa shape index (κ2) is 6.48. The van der Waals surface area contributed by atoms with Crippen molar-refractivity contribution in [2.45, 2.75) is 53.2 Å². The van der Waals surface area contributed by atoms with Crippen LogP contribution < -0.4 is 10.6 Å². The summed E-state index contributed by atoms with van der Waals surface area (Å²) in [6, 6.07) is 0.518. The van der Waals surface area contributed by atoms with Crippen LogP contribution in [0.15, 0.2) is 0 Å². The fourth-order valence-electron chi connectivity index (χ4n) is 1.50. The normalized spacial score (nSPS) is 12.8. The Bertz CT molecular complexity index is 307. The van der Waals surface area contributed by atoms with Crippen molar-refractivity contribution in [3.05, 3.63) is 5.82 Å². The Kier molecular flexibility index (Phi) is 5.25. The molecule has 0 amide bonds. The fourth-order valence-corrected chi connectivity index (χ4v) is 1.50. The fraction of sp³-hybridized carbons (Fsp3) is 0.818. The van der Waals surface area contributed by atoms with Gasteiger partial charge < -0.3 is 10.6 Å². The van der Waals surface area contributed by atoms with E-state index in [1.807, 2.05) is 0 Å². The van der Waals surface area contributed by atoms with Gasteiger partial charge in [0.1, 0.15) is 5.82 Å². The summed E-state index contributed by atoms with van der Waals surface area (Å²) in [6.45, 7) is 11.1. The molecule has 0 spiro atoms. The van der Waals surface area contributed by atoms with E-state index in [1.54, 1.807) is 0 Å². The van der Waals surface area contributed by atoms with Crippen LogP contribution in [0.2, 0.25) is 0 Å². The third kappa shape index (κ3) is 3.20. The van der Waals surface area contributed by atoms with Gasteiger partial charge in [0, 0.05) is 19.1 Å². The molecule has 5 heteroatoms. The zero-order valence-corrected chi connectivity index (χ0v) is 10.7. The molecule has 92 valence electrons. The quantitative estimate of drug-likeness (QED) is 0.740. The largest absolute Gasteiger partial charge is 0.355 e. The summed E-state index contributed by atoms with van der Waals surface area (Å²) in [5.41, 5.74) is 0. The van der Waals surface area contributed by atoms with Crippen LogP contribution >= 0.6 is 0 Å². The number of nitrogens with one attached hydrogen (secondary N) is 2. The van der Waals surface area contributed by atoms with Crippen molar-refractivity contribution < 1.29 is 0 Å². The lowest BCUT2D eigenvalue weighted by Crippen LogP contribution is -2.26. The molecule has 5 nitrogen and oxygen atoms in total. The van der Waals surface area contributed by atoms with E-state index in [-0.39, 0.29) is 0 Å². The minimum atomic E-state index is 0.518. The first-order valence-corrected chi connectivity index (χ1v) is 6.12. The van der Waals surface area contributed by atoms with Gasteiger partial charge in [-0.2, -0.15) is 0 Å². The number of aromatic nitrogens is 3. The minimum Gasteiger partial charge on any atom is -0.355 e. The topological polar surface area (TPSA) is 54.8 Å². The maximum atomic E-state index is 4.20. The van der Waals surface area contributed by atoms with Crippen LogP contribution in [0.4, 0.5) is 5.95 Å². The summed E-state index contributed by atoms with van der Waals surface area (Å²) in [5.74, 6) is 1.87. The first-order valence-electron chi connectivity index (χ1n) is 6.12. The van der Waals surface area contributed by atoms with E-state index >= 15 is 0 Å². The van der Waals surface area contributed by atoms with Crippen LogP contribution in [0.25, 0.3) is 0 Å². The van der Waals surface area contributed by atoms with Crippen molar-refractivity contribution in [2.75, 3.05) is 11.9 Å². The maximum Gasteiger partial charge on any atom is 0.224 e. The highest BCUT2D eigenvalue weighted by Crippen LogP contribution is 2.07. The van der Waals surface area contributed by atoms with Gasteiger partial charge in [-0.1, -0.05) is 6.92 Å². The van der Waals surface area contributed by atoms with E-state index in [0.29, 0.717) is 6.04 Å². The summed E-state index contributed by atoms with van der Waals surface area (Å²) in [5, 5.41) is 15.0. The summed E-state index contributed by atoms with van der Waals surface area (Å²) in [4.78, 5) is 0. The van der Waals surface area contributed by atoms with Gasteiger partial charge in [-0.25, -0.2) is 0 Å². The van der Waals surface area contributed by atoms with Crippen molar-refractivity contribution >= 4 is 5.95 Å². The Morgan fingerprint density at radius 1 is 1.25 bits per heavy atom. The van der Waals surface area contributed by atoms with Crippen molar-refractivity contribution in [2.24, 2.45) is 0 Å². The van der Waals surface area contributed by atoms with Gasteiger partial charge in [0.05, 0.1) is 6.54 Å². The standard InChI is InChI=1S/C11H23N5/c1-5-9(4)13-8-10-14-15-11(12-6-2)16(10)7-3/h9,13H,5-8H2,1-4H3,(H,12,15). The average Bonchev–Trinajstić information content (AvgIpc) is 2.68. The zero-order chi connectivity index (χ0) is 12.0. The first kappa shape index (κ1) is 13.0. The average molecular weight is 225 g/mol. The highest BCUT2D eigenvalue weighted by atomic mass is 15.4. The number of nitrogens with zero attached hydrogens (tertiary/aromatic N) is 3.